The number of methoxy groups -OCH3 is 1. The zero-order valence-corrected chi connectivity index (χ0v) is 14.6. The Morgan fingerprint density at radius 2 is 1.68 bits per heavy atom. The van der Waals surface area contributed by atoms with Crippen molar-refractivity contribution < 1.29 is 14.6 Å². The highest BCUT2D eigenvalue weighted by atomic mass is 16.5. The normalized spacial score (nSPS) is 23.2. The Hall–Kier alpha value is -2.17. The van der Waals surface area contributed by atoms with Crippen molar-refractivity contribution in [3.63, 3.8) is 0 Å². The average molecular weight is 339 g/mol. The van der Waals surface area contributed by atoms with Gasteiger partial charge in [0.15, 0.2) is 0 Å². The number of carbonyl (C=O) groups excluding carboxylic acids is 1. The Morgan fingerprint density at radius 3 is 2.28 bits per heavy atom. The highest BCUT2D eigenvalue weighted by Gasteiger charge is 2.42. The molecule has 3 rings (SSSR count). The number of ether oxygens (including phenoxy) is 1. The maximum Gasteiger partial charge on any atom is 0.326 e. The van der Waals surface area contributed by atoms with Crippen molar-refractivity contribution in [1.82, 2.24) is 5.32 Å². The number of carbonyl (C=O) groups is 1. The van der Waals surface area contributed by atoms with Crippen molar-refractivity contribution in [2.24, 2.45) is 0 Å². The summed E-state index contributed by atoms with van der Waals surface area (Å²) in [4.78, 5) is 12.3. The fraction of sp³-hybridized carbons (Fsp3) is 0.381. The van der Waals surface area contributed by atoms with Gasteiger partial charge in [-0.1, -0.05) is 54.6 Å². The largest absolute Gasteiger partial charge is 0.468 e. The molecule has 2 N–H and O–H groups in total. The Bertz CT molecular complexity index is 689. The molecule has 25 heavy (non-hydrogen) atoms. The zero-order chi connectivity index (χ0) is 17.7. The molecule has 0 radical (unpaired) electrons. The number of hydrogen-bond donors (Lipinski definition) is 2. The van der Waals surface area contributed by atoms with Crippen LogP contribution in [-0.4, -0.2) is 29.8 Å². The molecule has 0 aromatic heterocycles. The van der Waals surface area contributed by atoms with Crippen molar-refractivity contribution in [1.29, 1.82) is 0 Å². The van der Waals surface area contributed by atoms with Gasteiger partial charge in [0.1, 0.15) is 5.54 Å². The maximum absolute atomic E-state index is 12.3. The molecule has 2 aromatic rings. The first-order chi connectivity index (χ1) is 12.1. The number of aliphatic hydroxyl groups is 1. The fourth-order valence-electron chi connectivity index (χ4n) is 3.46. The minimum absolute atomic E-state index is 0.236. The van der Waals surface area contributed by atoms with Gasteiger partial charge in [-0.2, -0.15) is 0 Å². The minimum atomic E-state index is -0.688. The highest BCUT2D eigenvalue weighted by Crippen LogP contribution is 2.30. The zero-order valence-electron chi connectivity index (χ0n) is 14.6. The summed E-state index contributed by atoms with van der Waals surface area (Å²) in [5, 5.41) is 13.1. The molecule has 4 heteroatoms. The SMILES string of the molecule is COC(=O)C1(NCc2ccc(-c3ccccc3)cc2)CCC(O)CC1. The summed E-state index contributed by atoms with van der Waals surface area (Å²) in [5.41, 5.74) is 2.79. The first kappa shape index (κ1) is 17.6. The van der Waals surface area contributed by atoms with Crippen LogP contribution in [0.3, 0.4) is 0 Å². The van der Waals surface area contributed by atoms with E-state index in [0.29, 0.717) is 32.2 Å². The molecule has 4 nitrogen and oxygen atoms in total. The van der Waals surface area contributed by atoms with E-state index >= 15 is 0 Å². The van der Waals surface area contributed by atoms with Gasteiger partial charge in [-0.25, -0.2) is 0 Å². The van der Waals surface area contributed by atoms with Gasteiger partial charge in [0.25, 0.3) is 0 Å². The quantitative estimate of drug-likeness (QED) is 0.821. The Morgan fingerprint density at radius 1 is 1.08 bits per heavy atom. The summed E-state index contributed by atoms with van der Waals surface area (Å²) in [6, 6.07) is 18.6. The lowest BCUT2D eigenvalue weighted by atomic mass is 9.80. The number of rotatable bonds is 5. The summed E-state index contributed by atoms with van der Waals surface area (Å²) in [5.74, 6) is -0.236. The second-order valence-corrected chi connectivity index (χ2v) is 6.72. The van der Waals surface area contributed by atoms with Gasteiger partial charge in [0.05, 0.1) is 13.2 Å². The third-order valence-electron chi connectivity index (χ3n) is 5.08. The Kier molecular flexibility index (Phi) is 5.51. The van der Waals surface area contributed by atoms with E-state index in [1.165, 1.54) is 18.2 Å². The van der Waals surface area contributed by atoms with Crippen molar-refractivity contribution in [3.05, 3.63) is 60.2 Å². The monoisotopic (exact) mass is 339 g/mol. The minimum Gasteiger partial charge on any atom is -0.468 e. The second-order valence-electron chi connectivity index (χ2n) is 6.72. The Labute approximate surface area is 148 Å². The lowest BCUT2D eigenvalue weighted by Crippen LogP contribution is -2.55. The van der Waals surface area contributed by atoms with Gasteiger partial charge in [-0.3, -0.25) is 10.1 Å². The van der Waals surface area contributed by atoms with Crippen LogP contribution in [0.15, 0.2) is 54.6 Å². The summed E-state index contributed by atoms with van der Waals surface area (Å²) in [6.07, 6.45) is 2.13. The van der Waals surface area contributed by atoms with Crippen LogP contribution in [0.1, 0.15) is 31.2 Å². The summed E-state index contributed by atoms with van der Waals surface area (Å²) < 4.78 is 5.01. The van der Waals surface area contributed by atoms with Crippen LogP contribution in [-0.2, 0) is 16.1 Å². The van der Waals surface area contributed by atoms with Gasteiger partial charge < -0.3 is 9.84 Å². The summed E-state index contributed by atoms with van der Waals surface area (Å²) >= 11 is 0. The van der Waals surface area contributed by atoms with E-state index in [0.717, 1.165) is 5.56 Å². The number of hydrogen-bond acceptors (Lipinski definition) is 4. The van der Waals surface area contributed by atoms with Gasteiger partial charge in [0, 0.05) is 6.54 Å². The van der Waals surface area contributed by atoms with Crippen LogP contribution in [0.4, 0.5) is 0 Å². The molecule has 1 aliphatic rings. The molecule has 0 aliphatic heterocycles. The molecule has 0 bridgehead atoms. The summed E-state index contributed by atoms with van der Waals surface area (Å²) in [6.45, 7) is 0.597. The van der Waals surface area contributed by atoms with Crippen LogP contribution in [0, 0.1) is 0 Å². The van der Waals surface area contributed by atoms with E-state index in [2.05, 4.69) is 41.7 Å². The molecule has 132 valence electrons. The molecule has 1 fully saturated rings. The maximum atomic E-state index is 12.3. The van der Waals surface area contributed by atoms with Gasteiger partial charge >= 0.3 is 5.97 Å². The van der Waals surface area contributed by atoms with Gasteiger partial charge in [0.2, 0.25) is 0 Å². The van der Waals surface area contributed by atoms with E-state index in [1.54, 1.807) is 0 Å². The Balaban J connectivity index is 1.68. The third kappa shape index (κ3) is 4.09. The molecule has 0 heterocycles. The second kappa shape index (κ2) is 7.81. The number of esters is 1. The van der Waals surface area contributed by atoms with Crippen LogP contribution >= 0.6 is 0 Å². The fourth-order valence-corrected chi connectivity index (χ4v) is 3.46. The molecule has 1 saturated carbocycles. The predicted octanol–water partition coefficient (Wildman–Crippen LogP) is 3.29. The van der Waals surface area contributed by atoms with E-state index in [1.807, 2.05) is 18.2 Å². The predicted molar refractivity (Wildman–Crippen MR) is 97.9 cm³/mol. The smallest absolute Gasteiger partial charge is 0.326 e. The first-order valence-electron chi connectivity index (χ1n) is 8.79. The molecule has 0 unspecified atom stereocenters. The topological polar surface area (TPSA) is 58.6 Å². The molecule has 2 aromatic carbocycles. The molecule has 1 aliphatic carbocycles. The number of aliphatic hydroxyl groups excluding tert-OH is 1. The van der Waals surface area contributed by atoms with Crippen LogP contribution in [0.2, 0.25) is 0 Å². The average Bonchev–Trinajstić information content (AvgIpc) is 2.68. The van der Waals surface area contributed by atoms with Gasteiger partial charge in [-0.05, 0) is 42.4 Å². The van der Waals surface area contributed by atoms with E-state index in [-0.39, 0.29) is 12.1 Å². The molecule has 0 amide bonds. The van der Waals surface area contributed by atoms with E-state index in [4.69, 9.17) is 4.74 Å². The molecular formula is C21H25NO3. The number of benzene rings is 2. The van der Waals surface area contributed by atoms with E-state index in [9.17, 15) is 9.90 Å². The van der Waals surface area contributed by atoms with Crippen LogP contribution in [0.5, 0.6) is 0 Å². The lowest BCUT2D eigenvalue weighted by molar-refractivity contribution is -0.151. The number of nitrogens with one attached hydrogen (secondary N) is 1. The molecule has 0 spiro atoms. The third-order valence-corrected chi connectivity index (χ3v) is 5.08. The molecule has 0 saturated heterocycles. The summed E-state index contributed by atoms with van der Waals surface area (Å²) in [7, 11) is 1.42. The lowest BCUT2D eigenvalue weighted by Gasteiger charge is -2.37. The van der Waals surface area contributed by atoms with Crippen LogP contribution in [0.25, 0.3) is 11.1 Å². The first-order valence-corrected chi connectivity index (χ1v) is 8.79. The molecule has 0 atom stereocenters. The van der Waals surface area contributed by atoms with Crippen molar-refractivity contribution in [2.45, 2.75) is 43.9 Å². The van der Waals surface area contributed by atoms with Crippen molar-refractivity contribution in [3.8, 4) is 11.1 Å². The van der Waals surface area contributed by atoms with Crippen LogP contribution < -0.4 is 5.32 Å². The highest BCUT2D eigenvalue weighted by molar-refractivity contribution is 5.81. The van der Waals surface area contributed by atoms with E-state index < -0.39 is 5.54 Å². The van der Waals surface area contributed by atoms with Crippen molar-refractivity contribution >= 4 is 5.97 Å². The van der Waals surface area contributed by atoms with Gasteiger partial charge in [-0.15, -0.1) is 0 Å². The molecular weight excluding hydrogens is 314 g/mol. The standard InChI is InChI=1S/C21H25NO3/c1-25-20(24)21(13-11-19(23)12-14-21)22-15-16-7-9-18(10-8-16)17-5-3-2-4-6-17/h2-10,19,22-23H,11-15H2,1H3. The van der Waals surface area contributed by atoms with Crippen molar-refractivity contribution in [2.75, 3.05) is 7.11 Å².